The summed E-state index contributed by atoms with van der Waals surface area (Å²) in [5.74, 6) is -1.36. The Bertz CT molecular complexity index is 310. The van der Waals surface area contributed by atoms with Crippen LogP contribution in [0.25, 0.3) is 0 Å². The van der Waals surface area contributed by atoms with Gasteiger partial charge in [-0.15, -0.1) is 11.3 Å². The second kappa shape index (κ2) is 3.53. The van der Waals surface area contributed by atoms with E-state index in [2.05, 4.69) is 20.9 Å². The first-order valence-electron chi connectivity index (χ1n) is 3.38. The van der Waals surface area contributed by atoms with Crippen LogP contribution in [0.1, 0.15) is 23.4 Å². The van der Waals surface area contributed by atoms with E-state index in [9.17, 15) is 4.79 Å². The lowest BCUT2D eigenvalue weighted by Gasteiger charge is -2.01. The normalized spacial score (nSPS) is 12.9. The molecule has 1 aromatic heterocycles. The Morgan fingerprint density at radius 1 is 1.75 bits per heavy atom. The molecule has 1 N–H and O–H groups in total. The molecule has 0 radical (unpaired) electrons. The van der Waals surface area contributed by atoms with Crippen molar-refractivity contribution in [2.45, 2.75) is 19.8 Å². The molecule has 0 saturated heterocycles. The van der Waals surface area contributed by atoms with Crippen molar-refractivity contribution in [1.82, 2.24) is 4.98 Å². The first-order chi connectivity index (χ1) is 5.52. The van der Waals surface area contributed by atoms with E-state index in [1.807, 2.05) is 6.92 Å². The summed E-state index contributed by atoms with van der Waals surface area (Å²) >= 11 is 4.67. The standard InChI is InChI=1S/C7H8BrNO2S/c1-3(6(10)11)5-4(2)12-7(8)9-5/h3H,1-2H3,(H,10,11). The Labute approximate surface area is 82.6 Å². The predicted octanol–water partition coefficient (Wildman–Crippen LogP) is 2.40. The maximum atomic E-state index is 10.6. The largest absolute Gasteiger partial charge is 0.481 e. The SMILES string of the molecule is Cc1sc(Br)nc1C(C)C(=O)O. The third-order valence-electron chi connectivity index (χ3n) is 1.59. The Morgan fingerprint density at radius 2 is 2.33 bits per heavy atom. The first kappa shape index (κ1) is 9.67. The number of aromatic nitrogens is 1. The van der Waals surface area contributed by atoms with E-state index >= 15 is 0 Å². The number of rotatable bonds is 2. The van der Waals surface area contributed by atoms with Gasteiger partial charge in [0.2, 0.25) is 0 Å². The van der Waals surface area contributed by atoms with Crippen molar-refractivity contribution in [1.29, 1.82) is 0 Å². The van der Waals surface area contributed by atoms with Gasteiger partial charge in [0.1, 0.15) is 0 Å². The molecule has 1 aromatic rings. The second-order valence-electron chi connectivity index (χ2n) is 2.47. The molecule has 0 amide bonds. The van der Waals surface area contributed by atoms with Gasteiger partial charge in [0.05, 0.1) is 11.6 Å². The molecule has 0 spiro atoms. The van der Waals surface area contributed by atoms with Gasteiger partial charge in [-0.05, 0) is 29.8 Å². The Morgan fingerprint density at radius 3 is 2.67 bits per heavy atom. The van der Waals surface area contributed by atoms with Gasteiger partial charge in [-0.3, -0.25) is 4.79 Å². The van der Waals surface area contributed by atoms with Crippen LogP contribution in [0.4, 0.5) is 0 Å². The summed E-state index contributed by atoms with van der Waals surface area (Å²) < 4.78 is 0.739. The van der Waals surface area contributed by atoms with E-state index in [-0.39, 0.29) is 0 Å². The van der Waals surface area contributed by atoms with Crippen molar-refractivity contribution in [3.05, 3.63) is 14.5 Å². The highest BCUT2D eigenvalue weighted by molar-refractivity contribution is 9.11. The Kier molecular flexibility index (Phi) is 2.85. The number of carboxylic acids is 1. The molecular weight excluding hydrogens is 242 g/mol. The van der Waals surface area contributed by atoms with Crippen molar-refractivity contribution >= 4 is 33.2 Å². The second-order valence-corrected chi connectivity index (χ2v) is 4.95. The van der Waals surface area contributed by atoms with E-state index in [4.69, 9.17) is 5.11 Å². The molecule has 5 heteroatoms. The lowest BCUT2D eigenvalue weighted by molar-refractivity contribution is -0.138. The zero-order valence-corrected chi connectivity index (χ0v) is 9.07. The van der Waals surface area contributed by atoms with Crippen LogP contribution in [0.5, 0.6) is 0 Å². The molecule has 0 fully saturated rings. The van der Waals surface area contributed by atoms with Crippen LogP contribution in [0.15, 0.2) is 3.92 Å². The van der Waals surface area contributed by atoms with Crippen molar-refractivity contribution in [3.63, 3.8) is 0 Å². The van der Waals surface area contributed by atoms with Crippen LogP contribution in [0.2, 0.25) is 0 Å². The molecule has 1 atom stereocenters. The lowest BCUT2D eigenvalue weighted by atomic mass is 10.1. The first-order valence-corrected chi connectivity index (χ1v) is 4.99. The molecule has 0 aliphatic heterocycles. The highest BCUT2D eigenvalue weighted by Crippen LogP contribution is 2.27. The monoisotopic (exact) mass is 249 g/mol. The van der Waals surface area contributed by atoms with Crippen molar-refractivity contribution in [2.75, 3.05) is 0 Å². The smallest absolute Gasteiger partial charge is 0.312 e. The molecule has 66 valence electrons. The fourth-order valence-corrected chi connectivity index (χ4v) is 2.54. The molecule has 0 aromatic carbocycles. The molecule has 0 saturated carbocycles. The van der Waals surface area contributed by atoms with E-state index in [1.165, 1.54) is 11.3 Å². The maximum Gasteiger partial charge on any atom is 0.312 e. The minimum Gasteiger partial charge on any atom is -0.481 e. The highest BCUT2D eigenvalue weighted by Gasteiger charge is 2.19. The van der Waals surface area contributed by atoms with E-state index in [1.54, 1.807) is 6.92 Å². The summed E-state index contributed by atoms with van der Waals surface area (Å²) in [6.45, 7) is 3.51. The third kappa shape index (κ3) is 1.84. The minimum atomic E-state index is -0.837. The predicted molar refractivity (Wildman–Crippen MR) is 50.6 cm³/mol. The van der Waals surface area contributed by atoms with Gasteiger partial charge in [0.25, 0.3) is 0 Å². The quantitative estimate of drug-likeness (QED) is 0.876. The fraction of sp³-hybridized carbons (Fsp3) is 0.429. The van der Waals surface area contributed by atoms with Gasteiger partial charge in [0, 0.05) is 4.88 Å². The Hall–Kier alpha value is -0.420. The van der Waals surface area contributed by atoms with Crippen LogP contribution in [0.3, 0.4) is 0 Å². The lowest BCUT2D eigenvalue weighted by Crippen LogP contribution is -2.08. The van der Waals surface area contributed by atoms with Gasteiger partial charge < -0.3 is 5.11 Å². The average molecular weight is 250 g/mol. The molecule has 0 bridgehead atoms. The zero-order chi connectivity index (χ0) is 9.30. The molecule has 12 heavy (non-hydrogen) atoms. The molecule has 3 nitrogen and oxygen atoms in total. The maximum absolute atomic E-state index is 10.6. The van der Waals surface area contributed by atoms with Crippen LogP contribution >= 0.6 is 27.3 Å². The highest BCUT2D eigenvalue weighted by atomic mass is 79.9. The summed E-state index contributed by atoms with van der Waals surface area (Å²) in [6.07, 6.45) is 0. The summed E-state index contributed by atoms with van der Waals surface area (Å²) in [5.41, 5.74) is 0.652. The molecule has 1 unspecified atom stereocenters. The molecule has 1 rings (SSSR count). The van der Waals surface area contributed by atoms with E-state index < -0.39 is 11.9 Å². The van der Waals surface area contributed by atoms with Gasteiger partial charge >= 0.3 is 5.97 Å². The average Bonchev–Trinajstić information content (AvgIpc) is 2.28. The van der Waals surface area contributed by atoms with Crippen LogP contribution in [-0.2, 0) is 4.79 Å². The van der Waals surface area contributed by atoms with Gasteiger partial charge in [-0.1, -0.05) is 0 Å². The van der Waals surface area contributed by atoms with Crippen molar-refractivity contribution in [2.24, 2.45) is 0 Å². The topological polar surface area (TPSA) is 50.2 Å². The summed E-state index contributed by atoms with van der Waals surface area (Å²) in [7, 11) is 0. The minimum absolute atomic E-state index is 0.521. The van der Waals surface area contributed by atoms with Crippen LogP contribution in [0, 0.1) is 6.92 Å². The summed E-state index contributed by atoms with van der Waals surface area (Å²) in [4.78, 5) is 15.7. The zero-order valence-electron chi connectivity index (χ0n) is 6.67. The Balaban J connectivity index is 3.02. The van der Waals surface area contributed by atoms with Crippen molar-refractivity contribution in [3.8, 4) is 0 Å². The van der Waals surface area contributed by atoms with Gasteiger partial charge in [0.15, 0.2) is 3.92 Å². The summed E-state index contributed by atoms with van der Waals surface area (Å²) in [6, 6.07) is 0. The number of hydrogen-bond donors (Lipinski definition) is 1. The van der Waals surface area contributed by atoms with E-state index in [0.29, 0.717) is 5.69 Å². The van der Waals surface area contributed by atoms with Crippen LogP contribution < -0.4 is 0 Å². The van der Waals surface area contributed by atoms with Gasteiger partial charge in [-0.2, -0.15) is 0 Å². The third-order valence-corrected chi connectivity index (χ3v) is 3.02. The van der Waals surface area contributed by atoms with Crippen LogP contribution in [-0.4, -0.2) is 16.1 Å². The number of halogens is 1. The molecule has 0 aliphatic carbocycles. The number of nitrogens with zero attached hydrogens (tertiary/aromatic N) is 1. The number of hydrogen-bond acceptors (Lipinski definition) is 3. The molecule has 0 aliphatic rings. The number of aliphatic carboxylic acids is 1. The molecule has 1 heterocycles. The number of carbonyl (C=O) groups is 1. The van der Waals surface area contributed by atoms with E-state index in [0.717, 1.165) is 8.79 Å². The molecular formula is C7H8BrNO2S. The number of aryl methyl sites for hydroxylation is 1. The summed E-state index contributed by atoms with van der Waals surface area (Å²) in [5, 5.41) is 8.72. The van der Waals surface area contributed by atoms with Gasteiger partial charge in [-0.25, -0.2) is 4.98 Å². The fourth-order valence-electron chi connectivity index (χ4n) is 0.894. The number of thiazole rings is 1. The number of carboxylic acid groups (broad SMARTS) is 1. The van der Waals surface area contributed by atoms with Crippen molar-refractivity contribution < 1.29 is 9.90 Å².